The molecule has 0 aromatic carbocycles. The monoisotopic (exact) mass is 1250 g/mol. The molecule has 0 aromatic rings. The molecule has 1 heterocycles. The second kappa shape index (κ2) is 49.1. The largest absolute Gasteiger partial charge is 0.394 e. The van der Waals surface area contributed by atoms with E-state index >= 15 is 0 Å². The average molecular weight is 1250 g/mol. The van der Waals surface area contributed by atoms with Gasteiger partial charge in [0.25, 0.3) is 6.43 Å². The van der Waals surface area contributed by atoms with Gasteiger partial charge in [-0.15, -0.1) is 0 Å². The van der Waals surface area contributed by atoms with Gasteiger partial charge in [0.05, 0.1) is 38.1 Å². The quantitative estimate of drug-likeness (QED) is 0.0503. The van der Waals surface area contributed by atoms with E-state index in [1.54, 1.807) is 69.2 Å². The molecule has 1 saturated carbocycles. The maximum atomic E-state index is 11.6. The van der Waals surface area contributed by atoms with Gasteiger partial charge in [-0.1, -0.05) is 125 Å². The first-order chi connectivity index (χ1) is 38.8. The fourth-order valence-corrected chi connectivity index (χ4v) is 5.91. The number of halogens is 3. The molecule has 0 aromatic heterocycles. The molecule has 0 spiro atoms. The summed E-state index contributed by atoms with van der Waals surface area (Å²) in [5, 5.41) is 172. The molecule has 1 aliphatic carbocycles. The first-order valence-electron chi connectivity index (χ1n) is 29.1. The lowest BCUT2D eigenvalue weighted by molar-refractivity contribution is -0.136. The molecule has 2 fully saturated rings. The summed E-state index contributed by atoms with van der Waals surface area (Å²) < 4.78 is 39.7. The third kappa shape index (κ3) is 44.6. The lowest BCUT2D eigenvalue weighted by atomic mass is 9.88. The summed E-state index contributed by atoms with van der Waals surface area (Å²) in [6, 6.07) is 0. The van der Waals surface area contributed by atoms with Gasteiger partial charge >= 0.3 is 0 Å². The number of rotatable bonds is 26. The average Bonchev–Trinajstić information content (AvgIpc) is 4.19. The summed E-state index contributed by atoms with van der Waals surface area (Å²) in [7, 11) is 0. The fraction of sp³-hybridized carbons (Fsp3) is 0.847. The second-order valence-electron chi connectivity index (χ2n) is 24.2. The normalized spacial score (nSPS) is 15.9. The molecule has 0 bridgehead atoms. The molecular weight excluding hydrogens is 1130 g/mol. The Balaban J connectivity index is -0.000000163. The minimum absolute atomic E-state index is 0.0205. The van der Waals surface area contributed by atoms with E-state index in [2.05, 4.69) is 0 Å². The Labute approximate surface area is 512 Å². The molecule has 0 radical (unpaired) electrons. The number of hydrogen-bond acceptors (Lipinski definition) is 24. The number of alkyl halides is 3. The van der Waals surface area contributed by atoms with Crippen molar-refractivity contribution >= 4 is 51.4 Å². The Morgan fingerprint density at radius 3 is 0.919 bits per heavy atom. The van der Waals surface area contributed by atoms with Gasteiger partial charge in [-0.05, 0) is 92.9 Å². The van der Waals surface area contributed by atoms with Gasteiger partial charge in [0.2, 0.25) is 0 Å². The van der Waals surface area contributed by atoms with Crippen LogP contribution in [0.15, 0.2) is 0 Å². The van der Waals surface area contributed by atoms with E-state index in [1.807, 2.05) is 69.2 Å². The molecule has 24 nitrogen and oxygen atoms in total. The van der Waals surface area contributed by atoms with E-state index in [-0.39, 0.29) is 89.3 Å². The Morgan fingerprint density at radius 2 is 0.779 bits per heavy atom. The number of hydrogen-bond donors (Lipinski definition) is 23. The minimum atomic E-state index is -2.84. The summed E-state index contributed by atoms with van der Waals surface area (Å²) in [5.74, 6) is 0.236. The predicted octanol–water partition coefficient (Wildman–Crippen LogP) is 5.07. The lowest BCUT2D eigenvalue weighted by Gasteiger charge is -2.38. The molecule has 1 saturated heterocycles. The second-order valence-corrected chi connectivity index (χ2v) is 24.2. The van der Waals surface area contributed by atoms with Crippen LogP contribution in [0, 0.1) is 102 Å². The molecule has 27 heteroatoms. The van der Waals surface area contributed by atoms with Crippen molar-refractivity contribution in [2.75, 3.05) is 46.2 Å². The third-order valence-electron chi connectivity index (χ3n) is 12.4. The van der Waals surface area contributed by atoms with Crippen molar-refractivity contribution in [2.24, 2.45) is 64.7 Å². The van der Waals surface area contributed by atoms with Crippen molar-refractivity contribution in [3.63, 3.8) is 0 Å². The van der Waals surface area contributed by atoms with Crippen molar-refractivity contribution in [1.29, 1.82) is 48.7 Å². The number of aliphatic hydroxyl groups is 12. The number of nitrogens with one attached hydrogen (secondary N) is 9. The van der Waals surface area contributed by atoms with Crippen molar-refractivity contribution in [3.8, 4) is 0 Å². The maximum Gasteiger partial charge on any atom is 0.269 e. The zero-order chi connectivity index (χ0) is 70.3. The predicted molar refractivity (Wildman–Crippen MR) is 340 cm³/mol. The standard InChI is InChI=1S/C7H16N2O.C7H15NO3.C7H13NO2.C7H13NO.C7H15NO.C6H11F2NO.C6H12FNO.C6H14N2O.C6H13NO2/c1-5(2)7(9)6(10)3-4-8;1-4(2)6(8)7(11)5(10)3-9;1-5(2)6(8)7(9)3-10-4-7;1-5(2)6(8)7(9)3-4-7;1-5(2)6(8)7(3,4)9;1-3(2)4(9)5(10)6(7)8;2*1-4(2)6(8)5(9)3-7;1-4(2)6(7)5(9)3-8/h5-6,9-10H,3-4,8H2,1-2H3;4-5,7-11H,3H2,1-2H3;5,8-9H,3-4H2,1-2H3;5,8-9H,3-4H2,1-2H3;5,8-9H,1-4H3;3,5-6,9-10H,1-2H3;4-5,8-9H,3H2,1-2H3;4-5,8-9H,3,7H2,1-2H3;4-5,7-9H,3H2,1-2H3. The fourth-order valence-electron chi connectivity index (χ4n) is 5.91. The van der Waals surface area contributed by atoms with Crippen LogP contribution in [0.3, 0.4) is 0 Å². The van der Waals surface area contributed by atoms with Gasteiger partial charge in [-0.3, -0.25) is 0 Å². The van der Waals surface area contributed by atoms with Gasteiger partial charge in [-0.25, -0.2) is 13.2 Å². The van der Waals surface area contributed by atoms with Crippen molar-refractivity contribution in [2.45, 2.75) is 224 Å². The molecule has 0 amide bonds. The zero-order valence-corrected chi connectivity index (χ0v) is 55.4. The Morgan fingerprint density at radius 1 is 0.465 bits per heavy atom. The van der Waals surface area contributed by atoms with E-state index in [0.717, 1.165) is 12.8 Å². The first-order valence-corrected chi connectivity index (χ1v) is 29.1. The van der Waals surface area contributed by atoms with E-state index in [4.69, 9.17) is 106 Å². The van der Waals surface area contributed by atoms with E-state index in [0.29, 0.717) is 54.7 Å². The molecule has 1 aliphatic heterocycles. The molecular formula is C59H122F3N11O13. The van der Waals surface area contributed by atoms with E-state index in [9.17, 15) is 33.6 Å². The van der Waals surface area contributed by atoms with Crippen molar-refractivity contribution < 1.29 is 79.2 Å². The van der Waals surface area contributed by atoms with Crippen LogP contribution in [0.2, 0.25) is 0 Å². The van der Waals surface area contributed by atoms with Crippen LogP contribution in [0.5, 0.6) is 0 Å². The Bertz CT molecular complexity index is 1850. The summed E-state index contributed by atoms with van der Waals surface area (Å²) >= 11 is 0. The van der Waals surface area contributed by atoms with Crippen molar-refractivity contribution in [3.05, 3.63) is 0 Å². The van der Waals surface area contributed by atoms with Crippen LogP contribution in [0.1, 0.15) is 158 Å². The van der Waals surface area contributed by atoms with E-state index < -0.39 is 79.2 Å². The highest BCUT2D eigenvalue weighted by molar-refractivity contribution is 5.94. The summed E-state index contributed by atoms with van der Waals surface area (Å²) in [6.07, 6.45) is -8.64. The highest BCUT2D eigenvalue weighted by Gasteiger charge is 2.45. The Kier molecular flexibility index (Phi) is 54.7. The van der Waals surface area contributed by atoms with Crippen LogP contribution in [0.25, 0.3) is 0 Å². The minimum Gasteiger partial charge on any atom is -0.394 e. The number of nitrogens with two attached hydrogens (primary N) is 2. The summed E-state index contributed by atoms with van der Waals surface area (Å²) in [4.78, 5) is 0. The molecule has 25 N–H and O–H groups in total. The van der Waals surface area contributed by atoms with Gasteiger partial charge in [0.1, 0.15) is 48.4 Å². The lowest BCUT2D eigenvalue weighted by Crippen LogP contribution is -2.57. The van der Waals surface area contributed by atoms with Gasteiger partial charge in [0.15, 0.2) is 6.10 Å². The van der Waals surface area contributed by atoms with E-state index in [1.165, 1.54) is 0 Å². The molecule has 86 heavy (non-hydrogen) atoms. The van der Waals surface area contributed by atoms with Gasteiger partial charge in [-0.2, -0.15) is 0 Å². The zero-order valence-electron chi connectivity index (χ0n) is 55.4. The van der Waals surface area contributed by atoms with Crippen molar-refractivity contribution in [1.82, 2.24) is 0 Å². The smallest absolute Gasteiger partial charge is 0.269 e. The number of aliphatic hydroxyl groups excluding tert-OH is 9. The summed E-state index contributed by atoms with van der Waals surface area (Å²) in [5.41, 5.74) is 9.75. The highest BCUT2D eigenvalue weighted by atomic mass is 19.3. The highest BCUT2D eigenvalue weighted by Crippen LogP contribution is 2.38. The van der Waals surface area contributed by atoms with Gasteiger partial charge < -0.3 is 126 Å². The van der Waals surface area contributed by atoms with Crippen LogP contribution in [-0.4, -0.2) is 225 Å². The van der Waals surface area contributed by atoms with Gasteiger partial charge in [0, 0.05) is 57.9 Å². The molecule has 2 rings (SSSR count). The molecule has 2 aliphatic rings. The third-order valence-corrected chi connectivity index (χ3v) is 12.4. The van der Waals surface area contributed by atoms with Crippen LogP contribution < -0.4 is 11.5 Å². The molecule has 512 valence electrons. The van der Waals surface area contributed by atoms with Crippen LogP contribution in [0.4, 0.5) is 13.2 Å². The molecule has 7 atom stereocenters. The Hall–Kier alpha value is -3.78. The van der Waals surface area contributed by atoms with Crippen LogP contribution >= 0.6 is 0 Å². The molecule has 7 unspecified atom stereocenters. The summed E-state index contributed by atoms with van der Waals surface area (Å²) in [6.45, 7) is 35.5. The first kappa shape index (κ1) is 95.9. The topological polar surface area (TPSA) is 519 Å². The van der Waals surface area contributed by atoms with Crippen LogP contribution in [-0.2, 0) is 4.74 Å². The number of ether oxygens (including phenoxy) is 1. The maximum absolute atomic E-state index is 11.6. The SMILES string of the molecule is CC(C)C(=N)C(C)(C)O.CC(C)C(=N)C(O)C(F)F.CC(C)C(=N)C(O)C(O)CO.CC(C)C(=N)C(O)CCN.CC(C)C(=N)C(O)CF.CC(C)C(=N)C(O)CN.CC(C)C(=N)C(O)CO.CC(C)C(=N)C1(O)CC1.CC(C)C(=N)C1(O)COC1.